The first-order valence-corrected chi connectivity index (χ1v) is 5.59. The van der Waals surface area contributed by atoms with Crippen LogP contribution in [0.1, 0.15) is 23.6 Å². The predicted octanol–water partition coefficient (Wildman–Crippen LogP) is 2.04. The SMILES string of the molecule is CCO[C@@H](Cc1c(C)cc(O)cc1C)C(=O)O. The second kappa shape index (κ2) is 5.68. The molecule has 0 heterocycles. The molecule has 0 fully saturated rings. The van der Waals surface area contributed by atoms with E-state index in [4.69, 9.17) is 9.84 Å². The number of ether oxygens (including phenoxy) is 1. The predicted molar refractivity (Wildman–Crippen MR) is 64.3 cm³/mol. The van der Waals surface area contributed by atoms with E-state index in [1.807, 2.05) is 13.8 Å². The van der Waals surface area contributed by atoms with Gasteiger partial charge in [-0.3, -0.25) is 0 Å². The molecule has 4 nitrogen and oxygen atoms in total. The number of carboxylic acids is 1. The molecule has 1 rings (SSSR count). The molecule has 0 bridgehead atoms. The van der Waals surface area contributed by atoms with Crippen LogP contribution in [0.2, 0.25) is 0 Å². The number of phenols is 1. The molecule has 0 amide bonds. The minimum Gasteiger partial charge on any atom is -0.508 e. The van der Waals surface area contributed by atoms with Crippen molar-refractivity contribution < 1.29 is 19.7 Å². The van der Waals surface area contributed by atoms with Gasteiger partial charge in [0.05, 0.1) is 0 Å². The Kier molecular flexibility index (Phi) is 4.52. The van der Waals surface area contributed by atoms with E-state index in [0.29, 0.717) is 13.0 Å². The highest BCUT2D eigenvalue weighted by molar-refractivity contribution is 5.73. The summed E-state index contributed by atoms with van der Waals surface area (Å²) >= 11 is 0. The van der Waals surface area contributed by atoms with Crippen molar-refractivity contribution in [2.24, 2.45) is 0 Å². The van der Waals surface area contributed by atoms with E-state index >= 15 is 0 Å². The Hall–Kier alpha value is -1.55. The Morgan fingerprint density at radius 3 is 2.29 bits per heavy atom. The summed E-state index contributed by atoms with van der Waals surface area (Å²) in [4.78, 5) is 11.0. The third-order valence-electron chi connectivity index (χ3n) is 2.71. The van der Waals surface area contributed by atoms with Gasteiger partial charge in [-0.25, -0.2) is 4.79 Å². The normalized spacial score (nSPS) is 12.4. The monoisotopic (exact) mass is 238 g/mol. The van der Waals surface area contributed by atoms with Crippen molar-refractivity contribution in [1.29, 1.82) is 0 Å². The molecular formula is C13H18O4. The second-order valence-corrected chi connectivity index (χ2v) is 4.04. The molecule has 1 aromatic carbocycles. The molecule has 4 heteroatoms. The smallest absolute Gasteiger partial charge is 0.333 e. The Labute approximate surface area is 101 Å². The lowest BCUT2D eigenvalue weighted by Crippen LogP contribution is -2.27. The summed E-state index contributed by atoms with van der Waals surface area (Å²) < 4.78 is 5.19. The largest absolute Gasteiger partial charge is 0.508 e. The number of carbonyl (C=O) groups is 1. The van der Waals surface area contributed by atoms with Crippen LogP contribution in [0.15, 0.2) is 12.1 Å². The molecule has 0 saturated heterocycles. The number of aryl methyl sites for hydroxylation is 2. The van der Waals surface area contributed by atoms with Gasteiger partial charge in [0.15, 0.2) is 6.10 Å². The second-order valence-electron chi connectivity index (χ2n) is 4.04. The van der Waals surface area contributed by atoms with E-state index in [2.05, 4.69) is 0 Å². The number of carboxylic acid groups (broad SMARTS) is 1. The lowest BCUT2D eigenvalue weighted by Gasteiger charge is -2.16. The fourth-order valence-electron chi connectivity index (χ4n) is 1.90. The molecule has 0 unspecified atom stereocenters. The van der Waals surface area contributed by atoms with Crippen molar-refractivity contribution >= 4 is 5.97 Å². The van der Waals surface area contributed by atoms with Crippen molar-refractivity contribution in [1.82, 2.24) is 0 Å². The molecule has 0 spiro atoms. The molecule has 0 aliphatic carbocycles. The molecule has 1 atom stereocenters. The summed E-state index contributed by atoms with van der Waals surface area (Å²) in [6, 6.07) is 3.26. The highest BCUT2D eigenvalue weighted by Gasteiger charge is 2.20. The number of benzene rings is 1. The fraction of sp³-hybridized carbons (Fsp3) is 0.462. The number of aromatic hydroxyl groups is 1. The highest BCUT2D eigenvalue weighted by atomic mass is 16.5. The van der Waals surface area contributed by atoms with E-state index in [0.717, 1.165) is 16.7 Å². The van der Waals surface area contributed by atoms with Crippen LogP contribution in [0.3, 0.4) is 0 Å². The Bertz CT molecular complexity index is 389. The molecule has 0 aromatic heterocycles. The summed E-state index contributed by atoms with van der Waals surface area (Å²) in [5.74, 6) is -0.759. The number of hydrogen-bond acceptors (Lipinski definition) is 3. The van der Waals surface area contributed by atoms with Gasteiger partial charge in [-0.15, -0.1) is 0 Å². The van der Waals surface area contributed by atoms with Gasteiger partial charge in [-0.2, -0.15) is 0 Å². The maximum atomic E-state index is 11.0. The van der Waals surface area contributed by atoms with Gasteiger partial charge in [0.25, 0.3) is 0 Å². The molecule has 0 saturated carbocycles. The van der Waals surface area contributed by atoms with Gasteiger partial charge in [0.1, 0.15) is 5.75 Å². The van der Waals surface area contributed by atoms with Gasteiger partial charge in [-0.05, 0) is 49.6 Å². The van der Waals surface area contributed by atoms with Crippen LogP contribution in [-0.2, 0) is 16.0 Å². The quantitative estimate of drug-likeness (QED) is 0.823. The number of phenolic OH excluding ortho intramolecular Hbond substituents is 1. The zero-order chi connectivity index (χ0) is 13.0. The van der Waals surface area contributed by atoms with Crippen LogP contribution in [-0.4, -0.2) is 28.9 Å². The maximum Gasteiger partial charge on any atom is 0.333 e. The first-order chi connectivity index (χ1) is 7.95. The third kappa shape index (κ3) is 3.46. The van der Waals surface area contributed by atoms with Gasteiger partial charge in [0.2, 0.25) is 0 Å². The summed E-state index contributed by atoms with van der Waals surface area (Å²) in [5, 5.41) is 18.4. The van der Waals surface area contributed by atoms with E-state index in [9.17, 15) is 9.90 Å². The van der Waals surface area contributed by atoms with Crippen LogP contribution in [0.4, 0.5) is 0 Å². The standard InChI is InChI=1S/C13H18O4/c1-4-17-12(13(15)16)7-11-8(2)5-10(14)6-9(11)3/h5-6,12,14H,4,7H2,1-3H3,(H,15,16)/t12-/m0/s1. The first kappa shape index (κ1) is 13.5. The van der Waals surface area contributed by atoms with Gasteiger partial charge in [0, 0.05) is 13.0 Å². The topological polar surface area (TPSA) is 66.8 Å². The number of hydrogen-bond donors (Lipinski definition) is 2. The molecule has 1 aromatic rings. The Morgan fingerprint density at radius 1 is 1.35 bits per heavy atom. The van der Waals surface area contributed by atoms with Crippen molar-refractivity contribution in [2.45, 2.75) is 33.3 Å². The fourth-order valence-corrected chi connectivity index (χ4v) is 1.90. The minimum atomic E-state index is -0.960. The van der Waals surface area contributed by atoms with Crippen molar-refractivity contribution in [3.05, 3.63) is 28.8 Å². The van der Waals surface area contributed by atoms with Crippen molar-refractivity contribution in [3.63, 3.8) is 0 Å². The molecular weight excluding hydrogens is 220 g/mol. The van der Waals surface area contributed by atoms with Crippen LogP contribution in [0.5, 0.6) is 5.75 Å². The van der Waals surface area contributed by atoms with Gasteiger partial charge >= 0.3 is 5.97 Å². The Morgan fingerprint density at radius 2 is 1.88 bits per heavy atom. The average molecular weight is 238 g/mol. The molecule has 2 N–H and O–H groups in total. The molecule has 0 aliphatic rings. The van der Waals surface area contributed by atoms with Gasteiger partial charge in [-0.1, -0.05) is 0 Å². The minimum absolute atomic E-state index is 0.201. The lowest BCUT2D eigenvalue weighted by molar-refractivity contribution is -0.149. The molecule has 94 valence electrons. The number of rotatable bonds is 5. The number of aliphatic carboxylic acids is 1. The summed E-state index contributed by atoms with van der Waals surface area (Å²) in [7, 11) is 0. The van der Waals surface area contributed by atoms with Crippen LogP contribution in [0.25, 0.3) is 0 Å². The van der Waals surface area contributed by atoms with Crippen molar-refractivity contribution in [2.75, 3.05) is 6.61 Å². The van der Waals surface area contributed by atoms with Gasteiger partial charge < -0.3 is 14.9 Å². The molecule has 0 aliphatic heterocycles. The van der Waals surface area contributed by atoms with Crippen LogP contribution >= 0.6 is 0 Å². The van der Waals surface area contributed by atoms with E-state index in [1.165, 1.54) is 0 Å². The summed E-state index contributed by atoms with van der Waals surface area (Å²) in [5.41, 5.74) is 2.69. The lowest BCUT2D eigenvalue weighted by atomic mass is 9.97. The van der Waals surface area contributed by atoms with E-state index in [1.54, 1.807) is 19.1 Å². The van der Waals surface area contributed by atoms with E-state index in [-0.39, 0.29) is 5.75 Å². The zero-order valence-electron chi connectivity index (χ0n) is 10.4. The van der Waals surface area contributed by atoms with Crippen LogP contribution in [0, 0.1) is 13.8 Å². The summed E-state index contributed by atoms with van der Waals surface area (Å²) in [6.45, 7) is 5.85. The average Bonchev–Trinajstić information content (AvgIpc) is 2.21. The Balaban J connectivity index is 2.97. The first-order valence-electron chi connectivity index (χ1n) is 5.59. The van der Waals surface area contributed by atoms with Crippen molar-refractivity contribution in [3.8, 4) is 5.75 Å². The van der Waals surface area contributed by atoms with Crippen LogP contribution < -0.4 is 0 Å². The maximum absolute atomic E-state index is 11.0. The molecule has 0 radical (unpaired) electrons. The highest BCUT2D eigenvalue weighted by Crippen LogP contribution is 2.22. The van der Waals surface area contributed by atoms with E-state index < -0.39 is 12.1 Å². The summed E-state index contributed by atoms with van der Waals surface area (Å²) in [6.07, 6.45) is -0.511. The zero-order valence-corrected chi connectivity index (χ0v) is 10.4. The molecule has 17 heavy (non-hydrogen) atoms. The third-order valence-corrected chi connectivity index (χ3v) is 2.71.